The van der Waals surface area contributed by atoms with Crippen LogP contribution in [-0.4, -0.2) is 75.0 Å². The molecule has 0 radical (unpaired) electrons. The first-order valence-corrected chi connectivity index (χ1v) is 6.97. The molecule has 0 aromatic rings. The number of rotatable bonds is 6. The maximum Gasteiger partial charge on any atom is 0.225 e. The first-order chi connectivity index (χ1) is 9.06. The Hall–Kier alpha value is -0.560. The van der Waals surface area contributed by atoms with E-state index in [4.69, 9.17) is 0 Å². The van der Waals surface area contributed by atoms with Gasteiger partial charge in [-0.15, -0.1) is 24.8 Å². The van der Waals surface area contributed by atoms with Gasteiger partial charge in [-0.3, -0.25) is 9.59 Å². The summed E-state index contributed by atoms with van der Waals surface area (Å²) >= 11 is 0. The van der Waals surface area contributed by atoms with Crippen molar-refractivity contribution in [3.63, 3.8) is 0 Å². The summed E-state index contributed by atoms with van der Waals surface area (Å²) in [5, 5.41) is 6.14. The van der Waals surface area contributed by atoms with Crippen molar-refractivity contribution in [3.05, 3.63) is 0 Å². The van der Waals surface area contributed by atoms with Gasteiger partial charge in [0.15, 0.2) is 0 Å². The molecule has 2 rings (SSSR count). The second-order valence-electron chi connectivity index (χ2n) is 5.81. The zero-order valence-electron chi connectivity index (χ0n) is 12.6. The first-order valence-electron chi connectivity index (χ1n) is 6.97. The van der Waals surface area contributed by atoms with Gasteiger partial charge >= 0.3 is 0 Å². The van der Waals surface area contributed by atoms with E-state index < -0.39 is 0 Å². The lowest BCUT2D eigenvalue weighted by molar-refractivity contribution is -0.129. The van der Waals surface area contributed by atoms with E-state index >= 15 is 0 Å². The Bertz CT molecular complexity index is 351. The third-order valence-electron chi connectivity index (χ3n) is 3.83. The summed E-state index contributed by atoms with van der Waals surface area (Å²) in [6.45, 7) is 4.82. The van der Waals surface area contributed by atoms with Crippen molar-refractivity contribution in [2.24, 2.45) is 11.8 Å². The Morgan fingerprint density at radius 2 is 2.05 bits per heavy atom. The zero-order chi connectivity index (χ0) is 13.8. The number of amides is 2. The van der Waals surface area contributed by atoms with Crippen molar-refractivity contribution >= 4 is 36.6 Å². The van der Waals surface area contributed by atoms with Crippen molar-refractivity contribution in [2.75, 3.05) is 53.4 Å². The van der Waals surface area contributed by atoms with Crippen LogP contribution in [0.4, 0.5) is 0 Å². The molecule has 0 spiro atoms. The second kappa shape index (κ2) is 9.46. The molecule has 1 atom stereocenters. The number of halogens is 2. The normalized spacial score (nSPS) is 21.6. The first kappa shape index (κ1) is 20.4. The van der Waals surface area contributed by atoms with Crippen LogP contribution >= 0.6 is 24.8 Å². The molecule has 0 aromatic carbocycles. The Labute approximate surface area is 138 Å². The molecular weight excluding hydrogens is 315 g/mol. The van der Waals surface area contributed by atoms with E-state index in [0.29, 0.717) is 25.4 Å². The lowest BCUT2D eigenvalue weighted by atomic mass is 10.0. The summed E-state index contributed by atoms with van der Waals surface area (Å²) in [5.41, 5.74) is 0. The monoisotopic (exact) mass is 340 g/mol. The van der Waals surface area contributed by atoms with E-state index in [1.807, 2.05) is 19.0 Å². The SMILES string of the molecule is CN(C)CCN1CC(C(=O)NCC2CNC2)CC1=O.Cl.Cl. The average Bonchev–Trinajstić information content (AvgIpc) is 2.66. The summed E-state index contributed by atoms with van der Waals surface area (Å²) < 4.78 is 0. The summed E-state index contributed by atoms with van der Waals surface area (Å²) in [4.78, 5) is 27.7. The van der Waals surface area contributed by atoms with E-state index in [0.717, 1.165) is 26.2 Å². The molecule has 2 fully saturated rings. The van der Waals surface area contributed by atoms with Crippen LogP contribution in [0.15, 0.2) is 0 Å². The minimum atomic E-state index is -0.164. The highest BCUT2D eigenvalue weighted by atomic mass is 35.5. The van der Waals surface area contributed by atoms with Crippen LogP contribution in [0.25, 0.3) is 0 Å². The van der Waals surface area contributed by atoms with Gasteiger partial charge in [-0.25, -0.2) is 0 Å². The van der Waals surface area contributed by atoms with Crippen LogP contribution < -0.4 is 10.6 Å². The number of carbonyl (C=O) groups is 2. The average molecular weight is 341 g/mol. The van der Waals surface area contributed by atoms with E-state index in [9.17, 15) is 9.59 Å². The van der Waals surface area contributed by atoms with Crippen LogP contribution in [0.1, 0.15) is 6.42 Å². The molecule has 2 amide bonds. The lowest BCUT2D eigenvalue weighted by Crippen LogP contribution is -2.49. The number of nitrogens with one attached hydrogen (secondary N) is 2. The standard InChI is InChI=1S/C13H24N4O2.2ClH/c1-16(2)3-4-17-9-11(5-12(17)18)13(19)15-8-10-6-14-7-10;;/h10-11,14H,3-9H2,1-2H3,(H,15,19);2*1H. The molecule has 2 aliphatic rings. The van der Waals surface area contributed by atoms with Gasteiger partial charge in [0.1, 0.15) is 0 Å². The molecule has 0 aliphatic carbocycles. The van der Waals surface area contributed by atoms with E-state index in [-0.39, 0.29) is 42.5 Å². The van der Waals surface area contributed by atoms with Crippen LogP contribution in [0.2, 0.25) is 0 Å². The predicted octanol–water partition coefficient (Wildman–Crippen LogP) is -0.424. The number of hydrogen-bond donors (Lipinski definition) is 2. The van der Waals surface area contributed by atoms with Crippen LogP contribution in [0.5, 0.6) is 0 Å². The topological polar surface area (TPSA) is 64.7 Å². The van der Waals surface area contributed by atoms with Gasteiger partial charge in [0.2, 0.25) is 11.8 Å². The highest BCUT2D eigenvalue weighted by molar-refractivity contribution is 5.89. The summed E-state index contributed by atoms with van der Waals surface area (Å²) in [5.74, 6) is 0.536. The number of nitrogens with zero attached hydrogens (tertiary/aromatic N) is 2. The number of likely N-dealkylation sites (N-methyl/N-ethyl adjacent to an activating group) is 1. The third-order valence-corrected chi connectivity index (χ3v) is 3.83. The third kappa shape index (κ3) is 5.98. The molecule has 2 N–H and O–H groups in total. The van der Waals surface area contributed by atoms with Gasteiger partial charge in [0.05, 0.1) is 5.92 Å². The molecular formula is C13H26Cl2N4O2. The Morgan fingerprint density at radius 1 is 1.38 bits per heavy atom. The molecule has 6 nitrogen and oxygen atoms in total. The molecule has 124 valence electrons. The van der Waals surface area contributed by atoms with E-state index in [1.54, 1.807) is 4.90 Å². The van der Waals surface area contributed by atoms with Gasteiger partial charge in [-0.2, -0.15) is 0 Å². The number of likely N-dealkylation sites (tertiary alicyclic amines) is 1. The highest BCUT2D eigenvalue weighted by Gasteiger charge is 2.34. The Kier molecular flexibility index (Phi) is 9.20. The van der Waals surface area contributed by atoms with Gasteiger partial charge in [-0.05, 0) is 14.1 Å². The largest absolute Gasteiger partial charge is 0.355 e. The molecule has 0 bridgehead atoms. The smallest absolute Gasteiger partial charge is 0.225 e. The van der Waals surface area contributed by atoms with Crippen molar-refractivity contribution in [1.82, 2.24) is 20.4 Å². The van der Waals surface area contributed by atoms with Crippen molar-refractivity contribution in [3.8, 4) is 0 Å². The van der Waals surface area contributed by atoms with Gasteiger partial charge < -0.3 is 20.4 Å². The fraction of sp³-hybridized carbons (Fsp3) is 0.846. The molecule has 1 unspecified atom stereocenters. The molecule has 2 aliphatic heterocycles. The van der Waals surface area contributed by atoms with Gasteiger partial charge in [0, 0.05) is 51.6 Å². The minimum absolute atomic E-state index is 0. The quantitative estimate of drug-likeness (QED) is 0.689. The van der Waals surface area contributed by atoms with Crippen molar-refractivity contribution in [2.45, 2.75) is 6.42 Å². The van der Waals surface area contributed by atoms with Crippen LogP contribution in [0, 0.1) is 11.8 Å². The zero-order valence-corrected chi connectivity index (χ0v) is 14.3. The number of carbonyl (C=O) groups excluding carboxylic acids is 2. The molecule has 2 heterocycles. The molecule has 2 saturated heterocycles. The lowest BCUT2D eigenvalue weighted by Gasteiger charge is -2.27. The molecule has 0 aromatic heterocycles. The Morgan fingerprint density at radius 3 is 2.57 bits per heavy atom. The van der Waals surface area contributed by atoms with E-state index in [2.05, 4.69) is 10.6 Å². The van der Waals surface area contributed by atoms with E-state index in [1.165, 1.54) is 0 Å². The van der Waals surface area contributed by atoms with Crippen molar-refractivity contribution in [1.29, 1.82) is 0 Å². The number of hydrogen-bond acceptors (Lipinski definition) is 4. The Balaban J connectivity index is 0.00000200. The van der Waals surface area contributed by atoms with Gasteiger partial charge in [-0.1, -0.05) is 0 Å². The molecule has 8 heteroatoms. The van der Waals surface area contributed by atoms with Crippen LogP contribution in [-0.2, 0) is 9.59 Å². The second-order valence-corrected chi connectivity index (χ2v) is 5.81. The van der Waals surface area contributed by atoms with Gasteiger partial charge in [0.25, 0.3) is 0 Å². The summed E-state index contributed by atoms with van der Waals surface area (Å²) in [6, 6.07) is 0. The summed E-state index contributed by atoms with van der Waals surface area (Å²) in [7, 11) is 3.97. The van der Waals surface area contributed by atoms with Crippen LogP contribution in [0.3, 0.4) is 0 Å². The fourth-order valence-electron chi connectivity index (χ4n) is 2.37. The maximum atomic E-state index is 12.0. The maximum absolute atomic E-state index is 12.0. The fourth-order valence-corrected chi connectivity index (χ4v) is 2.37. The summed E-state index contributed by atoms with van der Waals surface area (Å²) in [6.07, 6.45) is 0.363. The minimum Gasteiger partial charge on any atom is -0.355 e. The highest BCUT2D eigenvalue weighted by Crippen LogP contribution is 2.17. The van der Waals surface area contributed by atoms with Crippen molar-refractivity contribution < 1.29 is 9.59 Å². The predicted molar refractivity (Wildman–Crippen MR) is 87.1 cm³/mol. The molecule has 0 saturated carbocycles. The molecule has 21 heavy (non-hydrogen) atoms.